The van der Waals surface area contributed by atoms with Gasteiger partial charge in [0.05, 0.1) is 17.7 Å². The Kier molecular flexibility index (Phi) is 6.65. The van der Waals surface area contributed by atoms with Gasteiger partial charge in [0.25, 0.3) is 15.9 Å². The highest BCUT2D eigenvalue weighted by Crippen LogP contribution is 2.27. The highest BCUT2D eigenvalue weighted by Gasteiger charge is 2.23. The number of methoxy groups -OCH3 is 1. The van der Waals surface area contributed by atoms with Gasteiger partial charge in [0, 0.05) is 26.2 Å². The number of hydrogen-bond acceptors (Lipinski definition) is 4. The Morgan fingerprint density at radius 1 is 0.935 bits per heavy atom. The number of carbonyl (C=O) groups excluding carboxylic acids is 1. The van der Waals surface area contributed by atoms with Crippen molar-refractivity contribution in [2.45, 2.75) is 18.4 Å². The number of sulfonamides is 1. The number of nitrogens with zero attached hydrogens (tertiary/aromatic N) is 2. The fourth-order valence-corrected chi connectivity index (χ4v) is 4.53. The van der Waals surface area contributed by atoms with Gasteiger partial charge in [0.2, 0.25) is 0 Å². The lowest BCUT2D eigenvalue weighted by Crippen LogP contribution is -2.29. The number of aryl methyl sites for hydroxylation is 1. The lowest BCUT2D eigenvalue weighted by Gasteiger charge is -2.23. The maximum Gasteiger partial charge on any atom is 0.264 e. The van der Waals surface area contributed by atoms with Crippen LogP contribution in [0.3, 0.4) is 0 Å². The molecule has 3 aromatic carbocycles. The SMILES string of the molecule is COc1ccc(CN(C)C(=O)c2ccc(C)c(N(C)S(=O)(=O)c3ccccc3)c2)cc1. The molecule has 0 aliphatic rings. The van der Waals surface area contributed by atoms with Crippen molar-refractivity contribution < 1.29 is 17.9 Å². The van der Waals surface area contributed by atoms with E-state index >= 15 is 0 Å². The molecule has 0 heterocycles. The van der Waals surface area contributed by atoms with Crippen LogP contribution in [0.25, 0.3) is 0 Å². The molecule has 3 rings (SSSR count). The number of anilines is 1. The van der Waals surface area contributed by atoms with Gasteiger partial charge < -0.3 is 9.64 Å². The summed E-state index contributed by atoms with van der Waals surface area (Å²) in [5, 5.41) is 0. The number of benzene rings is 3. The molecule has 0 saturated carbocycles. The number of rotatable bonds is 7. The molecule has 0 bridgehead atoms. The Morgan fingerprint density at radius 3 is 2.19 bits per heavy atom. The molecule has 0 radical (unpaired) electrons. The minimum atomic E-state index is -3.74. The molecule has 3 aromatic rings. The first kappa shape index (κ1) is 22.4. The van der Waals surface area contributed by atoms with Crippen LogP contribution in [0.5, 0.6) is 5.75 Å². The van der Waals surface area contributed by atoms with E-state index in [0.717, 1.165) is 16.9 Å². The van der Waals surface area contributed by atoms with Gasteiger partial charge in [0.1, 0.15) is 5.75 Å². The summed E-state index contributed by atoms with van der Waals surface area (Å²) in [6.07, 6.45) is 0. The van der Waals surface area contributed by atoms with E-state index in [1.165, 1.54) is 11.4 Å². The average molecular weight is 439 g/mol. The minimum absolute atomic E-state index is 0.192. The molecule has 0 unspecified atom stereocenters. The maximum absolute atomic E-state index is 13.0. The van der Waals surface area contributed by atoms with Crippen LogP contribution in [0.2, 0.25) is 0 Å². The van der Waals surface area contributed by atoms with E-state index in [2.05, 4.69) is 0 Å². The topological polar surface area (TPSA) is 66.9 Å². The van der Waals surface area contributed by atoms with Crippen LogP contribution in [0, 0.1) is 6.92 Å². The first-order valence-electron chi connectivity index (χ1n) is 9.77. The van der Waals surface area contributed by atoms with E-state index in [0.29, 0.717) is 17.8 Å². The predicted octanol–water partition coefficient (Wildman–Crippen LogP) is 4.10. The third-order valence-corrected chi connectivity index (χ3v) is 6.91. The number of hydrogen-bond donors (Lipinski definition) is 0. The van der Waals surface area contributed by atoms with Gasteiger partial charge >= 0.3 is 0 Å². The zero-order valence-corrected chi connectivity index (χ0v) is 18.9. The Balaban J connectivity index is 1.84. The Morgan fingerprint density at radius 2 is 1.58 bits per heavy atom. The van der Waals surface area contributed by atoms with E-state index in [1.54, 1.807) is 67.6 Å². The Bertz CT molecular complexity index is 1160. The molecule has 31 heavy (non-hydrogen) atoms. The van der Waals surface area contributed by atoms with Crippen LogP contribution in [0.1, 0.15) is 21.5 Å². The van der Waals surface area contributed by atoms with E-state index in [9.17, 15) is 13.2 Å². The van der Waals surface area contributed by atoms with Crippen molar-refractivity contribution in [1.82, 2.24) is 4.90 Å². The molecule has 0 N–H and O–H groups in total. The molecule has 7 heteroatoms. The van der Waals surface area contributed by atoms with E-state index in [4.69, 9.17) is 4.74 Å². The lowest BCUT2D eigenvalue weighted by molar-refractivity contribution is 0.0785. The lowest BCUT2D eigenvalue weighted by atomic mass is 10.1. The third-order valence-electron chi connectivity index (χ3n) is 5.12. The van der Waals surface area contributed by atoms with Crippen LogP contribution < -0.4 is 9.04 Å². The summed E-state index contributed by atoms with van der Waals surface area (Å²) in [6, 6.07) is 20.9. The molecule has 0 aromatic heterocycles. The number of amides is 1. The predicted molar refractivity (Wildman–Crippen MR) is 122 cm³/mol. The monoisotopic (exact) mass is 438 g/mol. The van der Waals surface area contributed by atoms with Crippen molar-refractivity contribution in [3.05, 3.63) is 89.5 Å². The smallest absolute Gasteiger partial charge is 0.264 e. The zero-order chi connectivity index (χ0) is 22.6. The van der Waals surface area contributed by atoms with Crippen LogP contribution >= 0.6 is 0 Å². The summed E-state index contributed by atoms with van der Waals surface area (Å²) in [4.78, 5) is 14.8. The summed E-state index contributed by atoms with van der Waals surface area (Å²) in [5.41, 5.74) is 2.61. The Hall–Kier alpha value is -3.32. The molecule has 0 aliphatic heterocycles. The van der Waals surface area contributed by atoms with Crippen LogP contribution in [0.4, 0.5) is 5.69 Å². The quantitative estimate of drug-likeness (QED) is 0.557. The van der Waals surface area contributed by atoms with Gasteiger partial charge in [-0.1, -0.05) is 36.4 Å². The third kappa shape index (κ3) is 4.88. The molecule has 0 aliphatic carbocycles. The first-order chi connectivity index (χ1) is 14.7. The molecular weight excluding hydrogens is 412 g/mol. The van der Waals surface area contributed by atoms with Gasteiger partial charge in [-0.3, -0.25) is 9.10 Å². The summed E-state index contributed by atoms with van der Waals surface area (Å²) >= 11 is 0. The highest BCUT2D eigenvalue weighted by molar-refractivity contribution is 7.92. The second-order valence-corrected chi connectivity index (χ2v) is 9.27. The number of carbonyl (C=O) groups is 1. The van der Waals surface area contributed by atoms with E-state index in [1.807, 2.05) is 31.2 Å². The fraction of sp³-hybridized carbons (Fsp3) is 0.208. The molecular formula is C24H26N2O4S. The second-order valence-electron chi connectivity index (χ2n) is 7.30. The average Bonchev–Trinajstić information content (AvgIpc) is 2.79. The van der Waals surface area contributed by atoms with E-state index < -0.39 is 10.0 Å². The highest BCUT2D eigenvalue weighted by atomic mass is 32.2. The van der Waals surface area contributed by atoms with Crippen LogP contribution in [-0.4, -0.2) is 40.4 Å². The molecule has 1 amide bonds. The maximum atomic E-state index is 13.0. The second kappa shape index (κ2) is 9.22. The van der Waals surface area contributed by atoms with Crippen LogP contribution in [-0.2, 0) is 16.6 Å². The van der Waals surface area contributed by atoms with Gasteiger partial charge in [0.15, 0.2) is 0 Å². The normalized spacial score (nSPS) is 11.1. The standard InChI is InChI=1S/C24H26N2O4S/c1-18-10-13-20(24(27)25(2)17-19-11-14-21(30-4)15-12-19)16-23(18)26(3)31(28,29)22-8-6-5-7-9-22/h5-16H,17H2,1-4H3. The van der Waals surface area contributed by atoms with Crippen molar-refractivity contribution in [3.8, 4) is 5.75 Å². The molecule has 0 spiro atoms. The van der Waals surface area contributed by atoms with Gasteiger partial charge in [-0.2, -0.15) is 0 Å². The molecule has 6 nitrogen and oxygen atoms in total. The van der Waals surface area contributed by atoms with Crippen LogP contribution in [0.15, 0.2) is 77.7 Å². The van der Waals surface area contributed by atoms with Gasteiger partial charge in [-0.15, -0.1) is 0 Å². The molecule has 162 valence electrons. The summed E-state index contributed by atoms with van der Waals surface area (Å²) in [6.45, 7) is 2.24. The fourth-order valence-electron chi connectivity index (χ4n) is 3.26. The van der Waals surface area contributed by atoms with Gasteiger partial charge in [-0.05, 0) is 54.4 Å². The summed E-state index contributed by atoms with van der Waals surface area (Å²) in [7, 11) is 1.09. The Labute approximate surface area is 183 Å². The number of ether oxygens (including phenoxy) is 1. The minimum Gasteiger partial charge on any atom is -0.497 e. The summed E-state index contributed by atoms with van der Waals surface area (Å²) in [5.74, 6) is 0.561. The molecule has 0 atom stereocenters. The summed E-state index contributed by atoms with van der Waals surface area (Å²) < 4.78 is 32.4. The van der Waals surface area contributed by atoms with Crippen molar-refractivity contribution >= 4 is 21.6 Å². The van der Waals surface area contributed by atoms with Crippen molar-refractivity contribution in [2.75, 3.05) is 25.5 Å². The molecule has 0 saturated heterocycles. The van der Waals surface area contributed by atoms with Gasteiger partial charge in [-0.25, -0.2) is 8.42 Å². The van der Waals surface area contributed by atoms with Crippen molar-refractivity contribution in [1.29, 1.82) is 0 Å². The first-order valence-corrected chi connectivity index (χ1v) is 11.2. The zero-order valence-electron chi connectivity index (χ0n) is 18.1. The van der Waals surface area contributed by atoms with E-state index in [-0.39, 0.29) is 10.8 Å². The van der Waals surface area contributed by atoms with Crippen molar-refractivity contribution in [2.24, 2.45) is 0 Å². The molecule has 0 fully saturated rings. The van der Waals surface area contributed by atoms with Crippen molar-refractivity contribution in [3.63, 3.8) is 0 Å². The largest absolute Gasteiger partial charge is 0.497 e.